The van der Waals surface area contributed by atoms with Gasteiger partial charge in [-0.1, -0.05) is 6.07 Å². The van der Waals surface area contributed by atoms with Crippen LogP contribution in [0.25, 0.3) is 0 Å². The number of para-hydroxylation sites is 1. The number of rotatable bonds is 2. The lowest BCUT2D eigenvalue weighted by atomic mass is 9.91. The fourth-order valence-corrected chi connectivity index (χ4v) is 2.58. The Morgan fingerprint density at radius 2 is 2.15 bits per heavy atom. The van der Waals surface area contributed by atoms with Crippen LogP contribution in [0.1, 0.15) is 30.1 Å². The molecule has 0 aliphatic carbocycles. The predicted octanol–water partition coefficient (Wildman–Crippen LogP) is 1.73. The Morgan fingerprint density at radius 3 is 2.75 bits per heavy atom. The van der Waals surface area contributed by atoms with Crippen LogP contribution in [0.3, 0.4) is 0 Å². The average molecular weight is 280 g/mol. The van der Waals surface area contributed by atoms with Crippen molar-refractivity contribution in [3.05, 3.63) is 29.6 Å². The second-order valence-electron chi connectivity index (χ2n) is 5.11. The molecule has 1 saturated heterocycles. The van der Waals surface area contributed by atoms with Crippen molar-refractivity contribution in [2.45, 2.75) is 25.8 Å². The number of likely N-dealkylation sites (tertiary alicyclic amines) is 1. The van der Waals surface area contributed by atoms with Crippen LogP contribution in [0.15, 0.2) is 18.2 Å². The van der Waals surface area contributed by atoms with Crippen LogP contribution in [0.2, 0.25) is 0 Å². The number of piperidine rings is 1. The van der Waals surface area contributed by atoms with Crippen molar-refractivity contribution in [1.82, 2.24) is 4.90 Å². The third-order valence-electron chi connectivity index (χ3n) is 3.77. The summed E-state index contributed by atoms with van der Waals surface area (Å²) >= 11 is 0. The maximum atomic E-state index is 13.4. The molecule has 3 N–H and O–H groups in total. The molecular weight excluding hydrogens is 263 g/mol. The number of benzene rings is 1. The fraction of sp³-hybridized carbons (Fsp3) is 0.429. The van der Waals surface area contributed by atoms with Gasteiger partial charge in [0.25, 0.3) is 5.91 Å². The van der Waals surface area contributed by atoms with E-state index in [0.717, 1.165) is 0 Å². The van der Waals surface area contributed by atoms with Gasteiger partial charge in [0.15, 0.2) is 0 Å². The number of aliphatic carboxylic acids is 1. The van der Waals surface area contributed by atoms with Crippen molar-refractivity contribution in [2.24, 2.45) is 5.92 Å². The number of nitrogen functional groups attached to an aromatic ring is 1. The highest BCUT2D eigenvalue weighted by Gasteiger charge is 2.33. The standard InChI is InChI=1S/C14H17FN2O3/c1-8-7-9(14(19)20)5-6-17(8)13(18)10-3-2-4-11(15)12(10)16/h2-4,8-9H,5-7,16H2,1H3,(H,19,20). The molecule has 1 aliphatic heterocycles. The smallest absolute Gasteiger partial charge is 0.306 e. The van der Waals surface area contributed by atoms with E-state index in [9.17, 15) is 14.0 Å². The molecule has 0 spiro atoms. The van der Waals surface area contributed by atoms with Gasteiger partial charge in [-0.25, -0.2) is 4.39 Å². The minimum atomic E-state index is -0.839. The van der Waals surface area contributed by atoms with Crippen molar-refractivity contribution >= 4 is 17.6 Å². The van der Waals surface area contributed by atoms with E-state index in [-0.39, 0.29) is 23.2 Å². The van der Waals surface area contributed by atoms with E-state index < -0.39 is 17.7 Å². The number of hydrogen-bond donors (Lipinski definition) is 2. The SMILES string of the molecule is CC1CC(C(=O)O)CCN1C(=O)c1cccc(F)c1N. The van der Waals surface area contributed by atoms with Crippen LogP contribution in [0, 0.1) is 11.7 Å². The number of halogens is 1. The Kier molecular flexibility index (Phi) is 3.92. The van der Waals surface area contributed by atoms with Crippen LogP contribution in [0.4, 0.5) is 10.1 Å². The summed E-state index contributed by atoms with van der Waals surface area (Å²) in [5.41, 5.74) is 5.56. The van der Waals surface area contributed by atoms with Gasteiger partial charge in [-0.05, 0) is 31.9 Å². The van der Waals surface area contributed by atoms with Crippen molar-refractivity contribution in [1.29, 1.82) is 0 Å². The molecule has 2 unspecified atom stereocenters. The first-order valence-corrected chi connectivity index (χ1v) is 6.49. The second kappa shape index (κ2) is 5.48. The third kappa shape index (κ3) is 2.59. The number of carbonyl (C=O) groups is 2. The van der Waals surface area contributed by atoms with E-state index >= 15 is 0 Å². The van der Waals surface area contributed by atoms with E-state index in [2.05, 4.69) is 0 Å². The summed E-state index contributed by atoms with van der Waals surface area (Å²) in [7, 11) is 0. The van der Waals surface area contributed by atoms with Gasteiger partial charge in [0.1, 0.15) is 5.82 Å². The molecule has 5 nitrogen and oxygen atoms in total. The molecule has 6 heteroatoms. The van der Waals surface area contributed by atoms with Crippen molar-refractivity contribution in [3.8, 4) is 0 Å². The highest BCUT2D eigenvalue weighted by Crippen LogP contribution is 2.26. The van der Waals surface area contributed by atoms with Crippen LogP contribution in [-0.2, 0) is 4.79 Å². The maximum Gasteiger partial charge on any atom is 0.306 e. The molecule has 2 rings (SSSR count). The Labute approximate surface area is 116 Å². The summed E-state index contributed by atoms with van der Waals surface area (Å²) in [4.78, 5) is 24.9. The average Bonchev–Trinajstić information content (AvgIpc) is 2.41. The molecule has 1 amide bonds. The van der Waals surface area contributed by atoms with Crippen molar-refractivity contribution in [2.75, 3.05) is 12.3 Å². The molecule has 1 aromatic rings. The molecule has 1 aliphatic rings. The number of carboxylic acids is 1. The second-order valence-corrected chi connectivity index (χ2v) is 5.11. The third-order valence-corrected chi connectivity index (χ3v) is 3.77. The topological polar surface area (TPSA) is 83.6 Å². The molecular formula is C14H17FN2O3. The summed E-state index contributed by atoms with van der Waals surface area (Å²) in [6.45, 7) is 2.13. The zero-order valence-electron chi connectivity index (χ0n) is 11.2. The minimum Gasteiger partial charge on any atom is -0.481 e. The fourth-order valence-electron chi connectivity index (χ4n) is 2.58. The van der Waals surface area contributed by atoms with Gasteiger partial charge >= 0.3 is 5.97 Å². The number of amides is 1. The molecule has 0 aromatic heterocycles. The molecule has 1 aromatic carbocycles. The van der Waals surface area contributed by atoms with E-state index in [1.807, 2.05) is 0 Å². The van der Waals surface area contributed by atoms with Crippen LogP contribution in [-0.4, -0.2) is 34.5 Å². The first-order chi connectivity index (χ1) is 9.41. The molecule has 108 valence electrons. The highest BCUT2D eigenvalue weighted by molar-refractivity contribution is 5.99. The van der Waals surface area contributed by atoms with Gasteiger partial charge in [-0.3, -0.25) is 9.59 Å². The lowest BCUT2D eigenvalue weighted by Gasteiger charge is -2.36. The Balaban J connectivity index is 2.18. The Morgan fingerprint density at radius 1 is 1.45 bits per heavy atom. The molecule has 20 heavy (non-hydrogen) atoms. The van der Waals surface area contributed by atoms with Gasteiger partial charge in [0.05, 0.1) is 17.2 Å². The maximum absolute atomic E-state index is 13.4. The van der Waals surface area contributed by atoms with Crippen LogP contribution < -0.4 is 5.73 Å². The lowest BCUT2D eigenvalue weighted by molar-refractivity contribution is -0.143. The van der Waals surface area contributed by atoms with Crippen molar-refractivity contribution < 1.29 is 19.1 Å². The van der Waals surface area contributed by atoms with E-state index in [1.165, 1.54) is 18.2 Å². The molecule has 0 radical (unpaired) electrons. The summed E-state index contributed by atoms with van der Waals surface area (Å²) < 4.78 is 13.4. The number of carbonyl (C=O) groups excluding carboxylic acids is 1. The monoisotopic (exact) mass is 280 g/mol. The van der Waals surface area contributed by atoms with Gasteiger partial charge in [-0.2, -0.15) is 0 Å². The summed E-state index contributed by atoms with van der Waals surface area (Å²) in [5, 5.41) is 9.01. The predicted molar refractivity (Wildman–Crippen MR) is 71.7 cm³/mol. The first-order valence-electron chi connectivity index (χ1n) is 6.49. The molecule has 0 saturated carbocycles. The zero-order chi connectivity index (χ0) is 14.9. The zero-order valence-corrected chi connectivity index (χ0v) is 11.2. The van der Waals surface area contributed by atoms with E-state index in [1.54, 1.807) is 11.8 Å². The summed E-state index contributed by atoms with van der Waals surface area (Å²) in [6, 6.07) is 3.91. The van der Waals surface area contributed by atoms with E-state index in [0.29, 0.717) is 19.4 Å². The number of nitrogens with zero attached hydrogens (tertiary/aromatic N) is 1. The number of hydrogen-bond acceptors (Lipinski definition) is 3. The van der Waals surface area contributed by atoms with Crippen molar-refractivity contribution in [3.63, 3.8) is 0 Å². The molecule has 1 heterocycles. The first kappa shape index (κ1) is 14.3. The van der Waals surface area contributed by atoms with Gasteiger partial charge in [0, 0.05) is 12.6 Å². The highest BCUT2D eigenvalue weighted by atomic mass is 19.1. The minimum absolute atomic E-state index is 0.130. The quantitative estimate of drug-likeness (QED) is 0.808. The van der Waals surface area contributed by atoms with Gasteiger partial charge in [0.2, 0.25) is 0 Å². The lowest BCUT2D eigenvalue weighted by Crippen LogP contribution is -2.46. The number of carboxylic acid groups (broad SMARTS) is 1. The molecule has 1 fully saturated rings. The van der Waals surface area contributed by atoms with Crippen LogP contribution >= 0.6 is 0 Å². The van der Waals surface area contributed by atoms with Crippen LogP contribution in [0.5, 0.6) is 0 Å². The normalized spacial score (nSPS) is 22.6. The number of nitrogens with two attached hydrogens (primary N) is 1. The molecule has 2 atom stereocenters. The summed E-state index contributed by atoms with van der Waals surface area (Å²) in [6.07, 6.45) is 0.803. The summed E-state index contributed by atoms with van der Waals surface area (Å²) in [5.74, 6) is -2.24. The largest absolute Gasteiger partial charge is 0.481 e. The number of anilines is 1. The van der Waals surface area contributed by atoms with E-state index in [4.69, 9.17) is 10.8 Å². The van der Waals surface area contributed by atoms with Gasteiger partial charge < -0.3 is 15.7 Å². The molecule has 0 bridgehead atoms. The Bertz CT molecular complexity index is 547. The van der Waals surface area contributed by atoms with Gasteiger partial charge in [-0.15, -0.1) is 0 Å². The Hall–Kier alpha value is -2.11.